The number of hydrazine groups is 1. The molecule has 0 unspecified atom stereocenters. The topological polar surface area (TPSA) is 76.7 Å². The highest BCUT2D eigenvalue weighted by Gasteiger charge is 2.10. The molecule has 6 nitrogen and oxygen atoms in total. The molecule has 2 aromatic carbocycles. The minimum atomic E-state index is -0.545. The van der Waals surface area contributed by atoms with Gasteiger partial charge in [-0.15, -0.1) is 0 Å². The summed E-state index contributed by atoms with van der Waals surface area (Å²) in [6.07, 6.45) is 0. The maximum Gasteiger partial charge on any atom is 0.276 e. The van der Waals surface area contributed by atoms with Gasteiger partial charge in [0, 0.05) is 5.02 Å². The molecule has 2 rings (SSSR count). The van der Waals surface area contributed by atoms with Crippen LogP contribution in [0.15, 0.2) is 36.4 Å². The van der Waals surface area contributed by atoms with Gasteiger partial charge in [0.15, 0.2) is 13.2 Å². The van der Waals surface area contributed by atoms with Gasteiger partial charge in [-0.25, -0.2) is 0 Å². The fourth-order valence-electron chi connectivity index (χ4n) is 2.11. The Morgan fingerprint density at radius 1 is 0.923 bits per heavy atom. The number of benzene rings is 2. The molecule has 0 heterocycles. The van der Waals surface area contributed by atoms with E-state index in [9.17, 15) is 9.59 Å². The van der Waals surface area contributed by atoms with Crippen LogP contribution < -0.4 is 20.3 Å². The molecule has 0 aliphatic carbocycles. The van der Waals surface area contributed by atoms with Gasteiger partial charge >= 0.3 is 0 Å². The maximum absolute atomic E-state index is 11.8. The minimum absolute atomic E-state index is 0.226. The van der Waals surface area contributed by atoms with Crippen molar-refractivity contribution in [2.75, 3.05) is 13.2 Å². The predicted molar refractivity (Wildman–Crippen MR) is 99.7 cm³/mol. The molecule has 0 spiro atoms. The van der Waals surface area contributed by atoms with E-state index in [1.54, 1.807) is 12.1 Å². The number of aryl methyl sites for hydroxylation is 2. The number of halogens is 2. The second-order valence-corrected chi connectivity index (χ2v) is 6.31. The van der Waals surface area contributed by atoms with E-state index in [1.807, 2.05) is 32.0 Å². The van der Waals surface area contributed by atoms with Crippen molar-refractivity contribution in [1.29, 1.82) is 0 Å². The van der Waals surface area contributed by atoms with Gasteiger partial charge in [0.05, 0.1) is 5.02 Å². The summed E-state index contributed by atoms with van der Waals surface area (Å²) >= 11 is 11.7. The third-order valence-electron chi connectivity index (χ3n) is 3.35. The molecule has 0 saturated carbocycles. The molecule has 26 heavy (non-hydrogen) atoms. The molecule has 0 atom stereocenters. The lowest BCUT2D eigenvalue weighted by Gasteiger charge is -2.12. The summed E-state index contributed by atoms with van der Waals surface area (Å²) in [5, 5.41) is 0.749. The van der Waals surface area contributed by atoms with Crippen molar-refractivity contribution in [3.8, 4) is 11.5 Å². The van der Waals surface area contributed by atoms with E-state index in [-0.39, 0.29) is 18.2 Å². The first-order chi connectivity index (χ1) is 12.4. The molecule has 0 aromatic heterocycles. The highest BCUT2D eigenvalue weighted by atomic mass is 35.5. The Labute approximate surface area is 161 Å². The fourth-order valence-corrected chi connectivity index (χ4v) is 2.57. The second-order valence-electron chi connectivity index (χ2n) is 5.47. The Kier molecular flexibility index (Phi) is 7.12. The van der Waals surface area contributed by atoms with Crippen LogP contribution in [0.2, 0.25) is 10.0 Å². The summed E-state index contributed by atoms with van der Waals surface area (Å²) < 4.78 is 10.8. The van der Waals surface area contributed by atoms with Crippen LogP contribution in [0.25, 0.3) is 0 Å². The Balaban J connectivity index is 1.74. The Morgan fingerprint density at radius 2 is 1.50 bits per heavy atom. The van der Waals surface area contributed by atoms with Crippen LogP contribution in [0.3, 0.4) is 0 Å². The van der Waals surface area contributed by atoms with Crippen LogP contribution in [0.5, 0.6) is 11.5 Å². The smallest absolute Gasteiger partial charge is 0.276 e. The molecule has 138 valence electrons. The first-order valence-electron chi connectivity index (χ1n) is 7.71. The summed E-state index contributed by atoms with van der Waals surface area (Å²) in [6.45, 7) is 3.23. The zero-order valence-corrected chi connectivity index (χ0v) is 15.8. The third kappa shape index (κ3) is 5.82. The number of hydrogen-bond donors (Lipinski definition) is 2. The van der Waals surface area contributed by atoms with E-state index in [2.05, 4.69) is 10.9 Å². The van der Waals surface area contributed by atoms with Gasteiger partial charge in [-0.2, -0.15) is 0 Å². The zero-order chi connectivity index (χ0) is 19.1. The average molecular weight is 397 g/mol. The van der Waals surface area contributed by atoms with E-state index < -0.39 is 11.8 Å². The molecule has 0 saturated heterocycles. The first kappa shape index (κ1) is 19.9. The summed E-state index contributed by atoms with van der Waals surface area (Å²) in [4.78, 5) is 23.5. The average Bonchev–Trinajstić information content (AvgIpc) is 2.58. The van der Waals surface area contributed by atoms with Crippen molar-refractivity contribution in [1.82, 2.24) is 10.9 Å². The van der Waals surface area contributed by atoms with Crippen molar-refractivity contribution in [3.05, 3.63) is 57.6 Å². The summed E-state index contributed by atoms with van der Waals surface area (Å²) in [7, 11) is 0. The lowest BCUT2D eigenvalue weighted by atomic mass is 10.1. The second kappa shape index (κ2) is 9.31. The number of hydrogen-bond acceptors (Lipinski definition) is 4. The molecule has 2 N–H and O–H groups in total. The number of ether oxygens (including phenoxy) is 2. The first-order valence-corrected chi connectivity index (χ1v) is 8.47. The SMILES string of the molecule is Cc1cccc(C)c1OCC(=O)NNC(=O)COc1ccc(Cl)cc1Cl. The van der Waals surface area contributed by atoms with Gasteiger partial charge in [0.1, 0.15) is 11.5 Å². The van der Waals surface area contributed by atoms with E-state index in [0.29, 0.717) is 16.5 Å². The van der Waals surface area contributed by atoms with Crippen LogP contribution in [-0.4, -0.2) is 25.0 Å². The maximum atomic E-state index is 11.8. The van der Waals surface area contributed by atoms with Gasteiger partial charge in [0.2, 0.25) is 0 Å². The highest BCUT2D eigenvalue weighted by Crippen LogP contribution is 2.27. The molecular formula is C18H18Cl2N2O4. The molecule has 0 radical (unpaired) electrons. The Hall–Kier alpha value is -2.44. The molecule has 0 aliphatic heterocycles. The van der Waals surface area contributed by atoms with Gasteiger partial charge in [0.25, 0.3) is 11.8 Å². The van der Waals surface area contributed by atoms with E-state index in [0.717, 1.165) is 11.1 Å². The van der Waals surface area contributed by atoms with Crippen molar-refractivity contribution in [3.63, 3.8) is 0 Å². The van der Waals surface area contributed by atoms with Crippen molar-refractivity contribution < 1.29 is 19.1 Å². The zero-order valence-electron chi connectivity index (χ0n) is 14.3. The lowest BCUT2D eigenvalue weighted by Crippen LogP contribution is -2.45. The lowest BCUT2D eigenvalue weighted by molar-refractivity contribution is -0.131. The number of nitrogens with one attached hydrogen (secondary N) is 2. The van der Waals surface area contributed by atoms with Crippen molar-refractivity contribution in [2.45, 2.75) is 13.8 Å². The van der Waals surface area contributed by atoms with E-state index >= 15 is 0 Å². The third-order valence-corrected chi connectivity index (χ3v) is 3.88. The number of rotatable bonds is 6. The monoisotopic (exact) mass is 396 g/mol. The standard InChI is InChI=1S/C18H18Cl2N2O4/c1-11-4-3-5-12(2)18(11)26-10-17(24)22-21-16(23)9-25-15-7-6-13(19)8-14(15)20/h3-8H,9-10H2,1-2H3,(H,21,23)(H,22,24). The Morgan fingerprint density at radius 3 is 2.08 bits per heavy atom. The molecule has 2 amide bonds. The molecule has 0 bridgehead atoms. The van der Waals surface area contributed by atoms with Gasteiger partial charge in [-0.1, -0.05) is 41.4 Å². The largest absolute Gasteiger partial charge is 0.483 e. The van der Waals surface area contributed by atoms with Gasteiger partial charge < -0.3 is 9.47 Å². The van der Waals surface area contributed by atoms with Gasteiger partial charge in [-0.3, -0.25) is 20.4 Å². The quantitative estimate of drug-likeness (QED) is 0.734. The number of para-hydroxylation sites is 1. The normalized spacial score (nSPS) is 10.2. The van der Waals surface area contributed by atoms with Crippen molar-refractivity contribution >= 4 is 35.0 Å². The van der Waals surface area contributed by atoms with Crippen LogP contribution in [0.4, 0.5) is 0 Å². The van der Waals surface area contributed by atoms with Crippen LogP contribution in [0, 0.1) is 13.8 Å². The van der Waals surface area contributed by atoms with Crippen LogP contribution in [-0.2, 0) is 9.59 Å². The van der Waals surface area contributed by atoms with E-state index in [4.69, 9.17) is 32.7 Å². The molecule has 0 aliphatic rings. The number of carbonyl (C=O) groups is 2. The van der Waals surface area contributed by atoms with E-state index in [1.165, 1.54) is 6.07 Å². The summed E-state index contributed by atoms with van der Waals surface area (Å²) in [5.41, 5.74) is 6.34. The number of amides is 2. The molecule has 8 heteroatoms. The summed E-state index contributed by atoms with van der Waals surface area (Å²) in [6, 6.07) is 10.3. The highest BCUT2D eigenvalue weighted by molar-refractivity contribution is 6.35. The number of carbonyl (C=O) groups excluding carboxylic acids is 2. The van der Waals surface area contributed by atoms with Crippen LogP contribution >= 0.6 is 23.2 Å². The van der Waals surface area contributed by atoms with Crippen molar-refractivity contribution in [2.24, 2.45) is 0 Å². The predicted octanol–water partition coefficient (Wildman–Crippen LogP) is 3.22. The van der Waals surface area contributed by atoms with Gasteiger partial charge in [-0.05, 0) is 43.2 Å². The van der Waals surface area contributed by atoms with Crippen LogP contribution in [0.1, 0.15) is 11.1 Å². The molecule has 0 fully saturated rings. The molecular weight excluding hydrogens is 379 g/mol. The molecule has 2 aromatic rings. The Bertz CT molecular complexity index is 792. The summed E-state index contributed by atoms with van der Waals surface area (Å²) in [5.74, 6) is -0.0763. The minimum Gasteiger partial charge on any atom is -0.483 e. The fraction of sp³-hybridized carbons (Fsp3) is 0.222.